The Morgan fingerprint density at radius 1 is 1.10 bits per heavy atom. The monoisotopic (exact) mass is 322 g/mol. The zero-order valence-corrected chi connectivity index (χ0v) is 12.7. The lowest BCUT2D eigenvalue weighted by atomic mass is 10.1. The first kappa shape index (κ1) is 15.4. The van der Waals surface area contributed by atoms with Gasteiger partial charge in [-0.2, -0.15) is 0 Å². The lowest BCUT2D eigenvalue weighted by Gasteiger charge is -2.03. The highest BCUT2D eigenvalue weighted by Gasteiger charge is 2.08. The molecule has 2 rings (SSSR count). The highest BCUT2D eigenvalue weighted by Crippen LogP contribution is 2.34. The molecule has 2 aromatic rings. The molecule has 0 saturated carbocycles. The van der Waals surface area contributed by atoms with E-state index in [1.165, 1.54) is 12.1 Å². The Kier molecular flexibility index (Phi) is 4.89. The van der Waals surface area contributed by atoms with Crippen molar-refractivity contribution < 1.29 is 14.6 Å². The molecule has 1 N–H and O–H groups in total. The predicted octanol–water partition coefficient (Wildman–Crippen LogP) is 4.60. The molecule has 21 heavy (non-hydrogen) atoms. The van der Waals surface area contributed by atoms with Gasteiger partial charge in [-0.05, 0) is 54.1 Å². The van der Waals surface area contributed by atoms with Gasteiger partial charge >= 0.3 is 0 Å². The van der Waals surface area contributed by atoms with E-state index in [-0.39, 0.29) is 21.6 Å². The van der Waals surface area contributed by atoms with Gasteiger partial charge in [-0.1, -0.05) is 23.2 Å². The minimum absolute atomic E-state index is 0.0655. The number of carbonyl (C=O) groups excluding carboxylic acids is 1. The summed E-state index contributed by atoms with van der Waals surface area (Å²) in [4.78, 5) is 12.0. The summed E-state index contributed by atoms with van der Waals surface area (Å²) >= 11 is 11.8. The molecule has 0 heterocycles. The van der Waals surface area contributed by atoms with E-state index < -0.39 is 0 Å². The van der Waals surface area contributed by atoms with Crippen molar-refractivity contribution in [2.45, 2.75) is 0 Å². The molecule has 0 atom stereocenters. The summed E-state index contributed by atoms with van der Waals surface area (Å²) in [5, 5.41) is 9.68. The zero-order chi connectivity index (χ0) is 15.4. The molecule has 0 aliphatic rings. The van der Waals surface area contributed by atoms with Crippen LogP contribution in [-0.2, 0) is 0 Å². The summed E-state index contributed by atoms with van der Waals surface area (Å²) in [5.74, 6) is 0.419. The molecule has 2 aromatic carbocycles. The molecule has 0 aliphatic carbocycles. The van der Waals surface area contributed by atoms with Gasteiger partial charge in [-0.25, -0.2) is 0 Å². The van der Waals surface area contributed by atoms with Crippen molar-refractivity contribution in [1.82, 2.24) is 0 Å². The highest BCUT2D eigenvalue weighted by molar-refractivity contribution is 6.43. The number of ketones is 1. The first-order valence-electron chi connectivity index (χ1n) is 6.06. The maximum atomic E-state index is 12.0. The first-order chi connectivity index (χ1) is 10.0. The number of benzene rings is 2. The summed E-state index contributed by atoms with van der Waals surface area (Å²) in [6.45, 7) is 0. The third-order valence-electron chi connectivity index (χ3n) is 2.88. The Balaban J connectivity index is 2.20. The van der Waals surface area contributed by atoms with Crippen LogP contribution in [0.3, 0.4) is 0 Å². The average molecular weight is 323 g/mol. The number of carbonyl (C=O) groups is 1. The molecule has 0 unspecified atom stereocenters. The van der Waals surface area contributed by atoms with Crippen molar-refractivity contribution in [1.29, 1.82) is 0 Å². The smallest absolute Gasteiger partial charge is 0.185 e. The van der Waals surface area contributed by atoms with E-state index in [1.807, 2.05) is 0 Å². The fourth-order valence-corrected chi connectivity index (χ4v) is 2.09. The zero-order valence-electron chi connectivity index (χ0n) is 11.1. The van der Waals surface area contributed by atoms with Gasteiger partial charge in [0, 0.05) is 5.56 Å². The van der Waals surface area contributed by atoms with E-state index in [0.717, 1.165) is 0 Å². The Hall–Kier alpha value is -1.97. The summed E-state index contributed by atoms with van der Waals surface area (Å²) in [6, 6.07) is 9.79. The lowest BCUT2D eigenvalue weighted by molar-refractivity contribution is 0.104. The molecular weight excluding hydrogens is 311 g/mol. The van der Waals surface area contributed by atoms with Gasteiger partial charge in [0.1, 0.15) is 16.5 Å². The van der Waals surface area contributed by atoms with Crippen LogP contribution in [0.4, 0.5) is 0 Å². The van der Waals surface area contributed by atoms with Crippen LogP contribution in [0.1, 0.15) is 15.9 Å². The van der Waals surface area contributed by atoms with Gasteiger partial charge < -0.3 is 9.84 Å². The minimum atomic E-state index is -0.169. The van der Waals surface area contributed by atoms with Crippen LogP contribution in [0.2, 0.25) is 10.0 Å². The topological polar surface area (TPSA) is 46.5 Å². The van der Waals surface area contributed by atoms with Crippen molar-refractivity contribution >= 4 is 35.1 Å². The van der Waals surface area contributed by atoms with Crippen LogP contribution in [0.15, 0.2) is 42.5 Å². The van der Waals surface area contributed by atoms with Crippen LogP contribution in [0.5, 0.6) is 11.5 Å². The second kappa shape index (κ2) is 6.66. The number of hydrogen-bond acceptors (Lipinski definition) is 3. The Morgan fingerprint density at radius 3 is 2.38 bits per heavy atom. The van der Waals surface area contributed by atoms with Crippen molar-refractivity contribution in [2.24, 2.45) is 0 Å². The van der Waals surface area contributed by atoms with E-state index in [0.29, 0.717) is 16.9 Å². The molecular formula is C16H12Cl2O3. The van der Waals surface area contributed by atoms with Gasteiger partial charge in [0.25, 0.3) is 0 Å². The number of rotatable bonds is 4. The standard InChI is InChI=1S/C16H12Cl2O3/c1-21-12-6-2-10(3-7-12)13(19)8-4-11-5-9-14(20)16(18)15(11)17/h2-9,20H,1H3. The largest absolute Gasteiger partial charge is 0.506 e. The molecule has 0 bridgehead atoms. The number of halogens is 2. The quantitative estimate of drug-likeness (QED) is 0.660. The van der Waals surface area contributed by atoms with E-state index in [2.05, 4.69) is 0 Å². The molecule has 0 aromatic heterocycles. The van der Waals surface area contributed by atoms with Gasteiger partial charge in [0.05, 0.1) is 12.1 Å². The van der Waals surface area contributed by atoms with Crippen molar-refractivity contribution in [3.8, 4) is 11.5 Å². The Morgan fingerprint density at radius 2 is 1.76 bits per heavy atom. The van der Waals surface area contributed by atoms with E-state index in [9.17, 15) is 9.90 Å². The first-order valence-corrected chi connectivity index (χ1v) is 6.82. The normalized spacial score (nSPS) is 10.8. The lowest BCUT2D eigenvalue weighted by Crippen LogP contribution is -1.94. The van der Waals surface area contributed by atoms with Crippen LogP contribution in [0.25, 0.3) is 6.08 Å². The molecule has 0 amide bonds. The fourth-order valence-electron chi connectivity index (χ4n) is 1.70. The van der Waals surface area contributed by atoms with Gasteiger partial charge in [0.15, 0.2) is 5.78 Å². The van der Waals surface area contributed by atoms with Crippen LogP contribution < -0.4 is 4.74 Å². The average Bonchev–Trinajstić information content (AvgIpc) is 2.52. The maximum absolute atomic E-state index is 12.0. The van der Waals surface area contributed by atoms with Crippen LogP contribution in [0, 0.1) is 0 Å². The Labute approximate surface area is 132 Å². The molecule has 0 spiro atoms. The van der Waals surface area contributed by atoms with Gasteiger partial charge in [-0.15, -0.1) is 0 Å². The Bertz CT molecular complexity index is 691. The number of methoxy groups -OCH3 is 1. The summed E-state index contributed by atoms with van der Waals surface area (Å²) in [7, 11) is 1.56. The molecule has 5 heteroatoms. The number of hydrogen-bond donors (Lipinski definition) is 1. The van der Waals surface area contributed by atoms with Crippen LogP contribution >= 0.6 is 23.2 Å². The summed E-state index contributed by atoms with van der Waals surface area (Å²) in [6.07, 6.45) is 2.95. The predicted molar refractivity (Wildman–Crippen MR) is 84.5 cm³/mol. The third-order valence-corrected chi connectivity index (χ3v) is 3.77. The molecule has 3 nitrogen and oxygen atoms in total. The molecule has 0 aliphatic heterocycles. The van der Waals surface area contributed by atoms with Crippen molar-refractivity contribution in [2.75, 3.05) is 7.11 Å². The van der Waals surface area contributed by atoms with E-state index >= 15 is 0 Å². The number of ether oxygens (including phenoxy) is 1. The van der Waals surface area contributed by atoms with Crippen molar-refractivity contribution in [3.05, 3.63) is 63.6 Å². The SMILES string of the molecule is COc1ccc(C(=O)C=Cc2ccc(O)c(Cl)c2Cl)cc1. The number of phenolic OH excluding ortho intramolecular Hbond substituents is 1. The number of aromatic hydroxyl groups is 1. The van der Waals surface area contributed by atoms with Crippen molar-refractivity contribution in [3.63, 3.8) is 0 Å². The second-order valence-electron chi connectivity index (χ2n) is 4.23. The van der Waals surface area contributed by atoms with Gasteiger partial charge in [-0.3, -0.25) is 4.79 Å². The van der Waals surface area contributed by atoms with Crippen LogP contribution in [-0.4, -0.2) is 18.0 Å². The number of phenols is 1. The fraction of sp³-hybridized carbons (Fsp3) is 0.0625. The van der Waals surface area contributed by atoms with Gasteiger partial charge in [0.2, 0.25) is 0 Å². The molecule has 108 valence electrons. The van der Waals surface area contributed by atoms with E-state index in [1.54, 1.807) is 43.5 Å². The second-order valence-corrected chi connectivity index (χ2v) is 4.98. The summed E-state index contributed by atoms with van der Waals surface area (Å²) < 4.78 is 5.03. The summed E-state index contributed by atoms with van der Waals surface area (Å²) in [5.41, 5.74) is 1.09. The number of allylic oxidation sites excluding steroid dienone is 1. The highest BCUT2D eigenvalue weighted by atomic mass is 35.5. The maximum Gasteiger partial charge on any atom is 0.185 e. The molecule has 0 fully saturated rings. The van der Waals surface area contributed by atoms with E-state index in [4.69, 9.17) is 27.9 Å². The third kappa shape index (κ3) is 3.57. The molecule has 0 radical (unpaired) electrons. The minimum Gasteiger partial charge on any atom is -0.506 e. The molecule has 0 saturated heterocycles.